The van der Waals surface area contributed by atoms with E-state index >= 15 is 0 Å². The highest BCUT2D eigenvalue weighted by Crippen LogP contribution is 2.39. The number of rotatable bonds is 6. The first kappa shape index (κ1) is 14.9. The molecular weight excluding hydrogens is 224 g/mol. The Bertz CT molecular complexity index is 394. The lowest BCUT2D eigenvalue weighted by atomic mass is 9.80. The van der Waals surface area contributed by atoms with Gasteiger partial charge in [-0.25, -0.2) is 0 Å². The molecule has 0 saturated heterocycles. The fourth-order valence-electron chi connectivity index (χ4n) is 2.09. The molecule has 0 heterocycles. The van der Waals surface area contributed by atoms with Gasteiger partial charge in [-0.05, 0) is 42.4 Å². The summed E-state index contributed by atoms with van der Waals surface area (Å²) in [5, 5.41) is 0. The van der Waals surface area contributed by atoms with Crippen molar-refractivity contribution in [1.29, 1.82) is 0 Å². The zero-order chi connectivity index (χ0) is 13.8. The molecule has 0 aromatic heterocycles. The molecule has 1 radical (unpaired) electrons. The average Bonchev–Trinajstić information content (AvgIpc) is 2.38. The Morgan fingerprint density at radius 3 is 2.28 bits per heavy atom. The zero-order valence-electron chi connectivity index (χ0n) is 12.3. The Labute approximate surface area is 111 Å². The number of aryl methyl sites for hydroxylation is 1. The van der Waals surface area contributed by atoms with E-state index in [1.54, 1.807) is 14.2 Å². The second kappa shape index (κ2) is 6.12. The molecule has 0 unspecified atom stereocenters. The smallest absolute Gasteiger partial charge is 0.126 e. The summed E-state index contributed by atoms with van der Waals surface area (Å²) >= 11 is 0. The van der Waals surface area contributed by atoms with Crippen LogP contribution in [0.2, 0.25) is 0 Å². The summed E-state index contributed by atoms with van der Waals surface area (Å²) in [5.41, 5.74) is 2.48. The molecule has 0 atom stereocenters. The molecule has 0 saturated carbocycles. The predicted octanol–water partition coefficient (Wildman–Crippen LogP) is 4.16. The summed E-state index contributed by atoms with van der Waals surface area (Å²) in [4.78, 5) is 0. The Hall–Kier alpha value is -1.18. The van der Waals surface area contributed by atoms with E-state index in [9.17, 15) is 0 Å². The zero-order valence-corrected chi connectivity index (χ0v) is 12.3. The minimum atomic E-state index is 0.0792. The van der Waals surface area contributed by atoms with Crippen LogP contribution < -0.4 is 9.47 Å². The van der Waals surface area contributed by atoms with Gasteiger partial charge in [0.1, 0.15) is 11.5 Å². The molecule has 1 rings (SSSR count). The van der Waals surface area contributed by atoms with Crippen LogP contribution in [-0.4, -0.2) is 14.2 Å². The molecule has 0 aliphatic heterocycles. The van der Waals surface area contributed by atoms with E-state index in [4.69, 9.17) is 9.47 Å². The molecule has 0 aliphatic carbocycles. The molecule has 0 fully saturated rings. The number of methoxy groups -OCH3 is 2. The Morgan fingerprint density at radius 1 is 1.17 bits per heavy atom. The number of hydrogen-bond donors (Lipinski definition) is 0. The van der Waals surface area contributed by atoms with E-state index in [1.807, 2.05) is 0 Å². The van der Waals surface area contributed by atoms with Crippen LogP contribution in [0, 0.1) is 6.92 Å². The molecule has 1 aromatic carbocycles. The van der Waals surface area contributed by atoms with Crippen LogP contribution >= 0.6 is 0 Å². The minimum Gasteiger partial charge on any atom is -0.497 e. The quantitative estimate of drug-likeness (QED) is 0.753. The van der Waals surface area contributed by atoms with Crippen molar-refractivity contribution in [2.75, 3.05) is 14.2 Å². The first-order valence-corrected chi connectivity index (χ1v) is 6.54. The number of hydrogen-bond acceptors (Lipinski definition) is 2. The van der Waals surface area contributed by atoms with Gasteiger partial charge in [-0.1, -0.05) is 27.7 Å². The van der Waals surface area contributed by atoms with Crippen LogP contribution in [0.3, 0.4) is 0 Å². The minimum absolute atomic E-state index is 0.0792. The van der Waals surface area contributed by atoms with Crippen LogP contribution in [0.5, 0.6) is 11.5 Å². The van der Waals surface area contributed by atoms with Gasteiger partial charge in [0, 0.05) is 5.56 Å². The van der Waals surface area contributed by atoms with E-state index in [1.165, 1.54) is 11.1 Å². The van der Waals surface area contributed by atoms with Crippen LogP contribution in [-0.2, 0) is 11.8 Å². The van der Waals surface area contributed by atoms with Gasteiger partial charge in [-0.15, -0.1) is 0 Å². The van der Waals surface area contributed by atoms with Crippen molar-refractivity contribution in [2.24, 2.45) is 0 Å². The molecule has 0 N–H and O–H groups in total. The van der Waals surface area contributed by atoms with Crippen molar-refractivity contribution in [3.63, 3.8) is 0 Å². The molecule has 0 amide bonds. The van der Waals surface area contributed by atoms with Crippen LogP contribution in [0.25, 0.3) is 0 Å². The molecular formula is C16H25O2. The molecule has 2 nitrogen and oxygen atoms in total. The fraction of sp³-hybridized carbons (Fsp3) is 0.562. The van der Waals surface area contributed by atoms with Crippen molar-refractivity contribution in [2.45, 2.75) is 45.4 Å². The Kier molecular flexibility index (Phi) is 5.06. The summed E-state index contributed by atoms with van der Waals surface area (Å²) in [6.45, 7) is 10.6. The fourth-order valence-corrected chi connectivity index (χ4v) is 2.09. The highest BCUT2D eigenvalue weighted by atomic mass is 16.5. The Morgan fingerprint density at radius 2 is 1.83 bits per heavy atom. The lowest BCUT2D eigenvalue weighted by molar-refractivity contribution is 0.376. The second-order valence-electron chi connectivity index (χ2n) is 5.21. The van der Waals surface area contributed by atoms with Crippen molar-refractivity contribution >= 4 is 0 Å². The lowest BCUT2D eigenvalue weighted by Gasteiger charge is -2.27. The van der Waals surface area contributed by atoms with Crippen molar-refractivity contribution in [3.05, 3.63) is 30.2 Å². The largest absolute Gasteiger partial charge is 0.497 e. The van der Waals surface area contributed by atoms with Gasteiger partial charge in [0.2, 0.25) is 0 Å². The lowest BCUT2D eigenvalue weighted by Crippen LogP contribution is -2.18. The van der Waals surface area contributed by atoms with Gasteiger partial charge >= 0.3 is 0 Å². The highest BCUT2D eigenvalue weighted by Gasteiger charge is 2.25. The van der Waals surface area contributed by atoms with Crippen molar-refractivity contribution in [3.8, 4) is 11.5 Å². The second-order valence-corrected chi connectivity index (χ2v) is 5.21. The summed E-state index contributed by atoms with van der Waals surface area (Å²) < 4.78 is 11.0. The topological polar surface area (TPSA) is 18.5 Å². The van der Waals surface area contributed by atoms with Gasteiger partial charge in [0.25, 0.3) is 0 Å². The van der Waals surface area contributed by atoms with E-state index in [-0.39, 0.29) is 5.41 Å². The third kappa shape index (κ3) is 2.98. The van der Waals surface area contributed by atoms with Gasteiger partial charge in [0.15, 0.2) is 0 Å². The number of benzene rings is 1. The third-order valence-corrected chi connectivity index (χ3v) is 3.64. The summed E-state index contributed by atoms with van der Waals surface area (Å²) in [7, 11) is 3.45. The first-order chi connectivity index (χ1) is 8.50. The number of ether oxygens (including phenoxy) is 2. The van der Waals surface area contributed by atoms with E-state index < -0.39 is 0 Å². The van der Waals surface area contributed by atoms with Gasteiger partial charge in [-0.3, -0.25) is 0 Å². The molecule has 0 spiro atoms. The van der Waals surface area contributed by atoms with Crippen LogP contribution in [0.4, 0.5) is 0 Å². The average molecular weight is 249 g/mol. The van der Waals surface area contributed by atoms with Crippen LogP contribution in [0.15, 0.2) is 12.1 Å². The predicted molar refractivity (Wildman–Crippen MR) is 76.5 cm³/mol. The van der Waals surface area contributed by atoms with Gasteiger partial charge in [0.05, 0.1) is 14.2 Å². The van der Waals surface area contributed by atoms with Crippen molar-refractivity contribution in [1.82, 2.24) is 0 Å². The SMILES string of the molecule is [CH2]CCc1cc(OC)cc(C(C)(C)CC)c1OC. The molecule has 1 aromatic rings. The molecule has 0 bridgehead atoms. The maximum atomic E-state index is 5.63. The summed E-state index contributed by atoms with van der Waals surface area (Å²) in [6.07, 6.45) is 2.82. The maximum absolute atomic E-state index is 5.63. The van der Waals surface area contributed by atoms with Gasteiger partial charge < -0.3 is 9.47 Å². The standard InChI is InChI=1S/C16H25O2/c1-7-9-12-10-13(17-5)11-14(15(12)18-6)16(3,4)8-2/h10-11H,1,7-9H2,2-6H3. The monoisotopic (exact) mass is 249 g/mol. The molecule has 2 heteroatoms. The molecule has 0 aliphatic rings. The molecule has 101 valence electrons. The van der Waals surface area contributed by atoms with E-state index in [0.29, 0.717) is 0 Å². The summed E-state index contributed by atoms with van der Waals surface area (Å²) in [6, 6.07) is 4.15. The van der Waals surface area contributed by atoms with E-state index in [0.717, 1.165) is 30.8 Å². The van der Waals surface area contributed by atoms with Crippen LogP contribution in [0.1, 0.15) is 44.7 Å². The van der Waals surface area contributed by atoms with Gasteiger partial charge in [-0.2, -0.15) is 0 Å². The molecule has 18 heavy (non-hydrogen) atoms. The maximum Gasteiger partial charge on any atom is 0.126 e. The van der Waals surface area contributed by atoms with Crippen molar-refractivity contribution < 1.29 is 9.47 Å². The normalized spacial score (nSPS) is 11.4. The Balaban J connectivity index is 3.42. The summed E-state index contributed by atoms with van der Waals surface area (Å²) in [5.74, 6) is 1.89. The highest BCUT2D eigenvalue weighted by molar-refractivity contribution is 5.50. The first-order valence-electron chi connectivity index (χ1n) is 6.54. The van der Waals surface area contributed by atoms with E-state index in [2.05, 4.69) is 39.8 Å². The third-order valence-electron chi connectivity index (χ3n) is 3.64.